The van der Waals surface area contributed by atoms with Crippen molar-refractivity contribution < 1.29 is 0 Å². The summed E-state index contributed by atoms with van der Waals surface area (Å²) < 4.78 is 0. The minimum atomic E-state index is 1.01. The highest BCUT2D eigenvalue weighted by Gasteiger charge is 2.25. The van der Waals surface area contributed by atoms with Crippen molar-refractivity contribution in [3.8, 4) is 22.3 Å². The van der Waals surface area contributed by atoms with Crippen molar-refractivity contribution in [2.45, 2.75) is 12.8 Å². The molecule has 7 rings (SSSR count). The van der Waals surface area contributed by atoms with Gasteiger partial charge in [-0.25, -0.2) is 0 Å². The standard InChI is InChI=1S/C28H18/c1-3-9-22-18(7-1)13-20-14-26-21(15-25(20)22)16-27-23-10-4-2-6-17(23)12-19-8-5-11-24(26)28(19)27/h1-12,14-15H,13,16H2. The second-order valence-electron chi connectivity index (χ2n) is 8.16. The van der Waals surface area contributed by atoms with E-state index in [-0.39, 0.29) is 0 Å². The van der Waals surface area contributed by atoms with Crippen molar-refractivity contribution >= 4 is 21.5 Å². The molecular formula is C28H18. The van der Waals surface area contributed by atoms with Crippen LogP contribution in [0.5, 0.6) is 0 Å². The van der Waals surface area contributed by atoms with Gasteiger partial charge in [0.2, 0.25) is 0 Å². The maximum Gasteiger partial charge on any atom is -0.000684 e. The van der Waals surface area contributed by atoms with Crippen molar-refractivity contribution in [1.29, 1.82) is 0 Å². The highest BCUT2D eigenvalue weighted by atomic mass is 14.3. The lowest BCUT2D eigenvalue weighted by Gasteiger charge is -2.24. The summed E-state index contributed by atoms with van der Waals surface area (Å²) in [6.45, 7) is 0. The van der Waals surface area contributed by atoms with Crippen LogP contribution in [0.15, 0.2) is 84.9 Å². The van der Waals surface area contributed by atoms with Gasteiger partial charge in [0, 0.05) is 0 Å². The summed E-state index contributed by atoms with van der Waals surface area (Å²) in [5.41, 5.74) is 11.6. The minimum absolute atomic E-state index is 1.01. The van der Waals surface area contributed by atoms with Gasteiger partial charge in [-0.15, -0.1) is 0 Å². The molecular weight excluding hydrogens is 336 g/mol. The number of rotatable bonds is 0. The van der Waals surface area contributed by atoms with Crippen LogP contribution in [0.25, 0.3) is 43.8 Å². The van der Waals surface area contributed by atoms with E-state index in [1.54, 1.807) is 0 Å². The quantitative estimate of drug-likeness (QED) is 0.254. The van der Waals surface area contributed by atoms with Crippen LogP contribution in [-0.4, -0.2) is 0 Å². The molecule has 2 aliphatic carbocycles. The van der Waals surface area contributed by atoms with Gasteiger partial charge in [-0.1, -0.05) is 66.7 Å². The van der Waals surface area contributed by atoms with Crippen molar-refractivity contribution in [2.24, 2.45) is 0 Å². The largest absolute Gasteiger partial charge is 0.0619 e. The van der Waals surface area contributed by atoms with Gasteiger partial charge in [0.05, 0.1) is 0 Å². The zero-order valence-electron chi connectivity index (χ0n) is 15.5. The molecule has 0 aromatic heterocycles. The van der Waals surface area contributed by atoms with Crippen LogP contribution in [0.4, 0.5) is 0 Å². The second-order valence-corrected chi connectivity index (χ2v) is 8.16. The van der Waals surface area contributed by atoms with Gasteiger partial charge in [-0.05, 0) is 97.1 Å². The molecule has 0 spiro atoms. The van der Waals surface area contributed by atoms with E-state index >= 15 is 0 Å². The molecule has 0 heteroatoms. The Labute approximate surface area is 164 Å². The average Bonchev–Trinajstić information content (AvgIpc) is 3.10. The van der Waals surface area contributed by atoms with Gasteiger partial charge in [0.25, 0.3) is 0 Å². The first-order valence-electron chi connectivity index (χ1n) is 10.0. The third-order valence-electron chi connectivity index (χ3n) is 6.67. The highest BCUT2D eigenvalue weighted by Crippen LogP contribution is 2.46. The first-order valence-corrected chi connectivity index (χ1v) is 10.0. The fourth-order valence-electron chi connectivity index (χ4n) is 5.45. The normalized spacial score (nSPS) is 13.4. The van der Waals surface area contributed by atoms with E-state index in [2.05, 4.69) is 84.9 Å². The van der Waals surface area contributed by atoms with Gasteiger partial charge >= 0.3 is 0 Å². The average molecular weight is 354 g/mol. The maximum atomic E-state index is 2.47. The van der Waals surface area contributed by atoms with E-state index in [4.69, 9.17) is 0 Å². The van der Waals surface area contributed by atoms with E-state index in [1.807, 2.05) is 0 Å². The number of benzene rings is 5. The van der Waals surface area contributed by atoms with Crippen LogP contribution in [0.1, 0.15) is 22.3 Å². The van der Waals surface area contributed by atoms with Crippen LogP contribution in [0.2, 0.25) is 0 Å². The smallest absolute Gasteiger partial charge is 0.000684 e. The fourth-order valence-corrected chi connectivity index (χ4v) is 5.45. The Morgan fingerprint density at radius 1 is 0.464 bits per heavy atom. The predicted octanol–water partition coefficient (Wildman–Crippen LogP) is 7.14. The Morgan fingerprint density at radius 3 is 2.14 bits per heavy atom. The van der Waals surface area contributed by atoms with Crippen molar-refractivity contribution in [3.05, 3.63) is 107 Å². The molecule has 2 aliphatic rings. The van der Waals surface area contributed by atoms with E-state index < -0.39 is 0 Å². The summed E-state index contributed by atoms with van der Waals surface area (Å²) in [6, 6.07) is 31.8. The Hall–Kier alpha value is -3.38. The Balaban J connectivity index is 1.58. The lowest BCUT2D eigenvalue weighted by Crippen LogP contribution is -2.03. The van der Waals surface area contributed by atoms with Crippen LogP contribution in [0.3, 0.4) is 0 Å². The van der Waals surface area contributed by atoms with E-state index in [0.29, 0.717) is 0 Å². The van der Waals surface area contributed by atoms with Crippen LogP contribution < -0.4 is 0 Å². The molecule has 0 amide bonds. The lowest BCUT2D eigenvalue weighted by molar-refractivity contribution is 1.20. The highest BCUT2D eigenvalue weighted by molar-refractivity contribution is 6.10. The number of hydrogen-bond acceptors (Lipinski definition) is 0. The number of hydrogen-bond donors (Lipinski definition) is 0. The molecule has 5 aromatic carbocycles. The second kappa shape index (κ2) is 5.11. The molecule has 130 valence electrons. The molecule has 0 unspecified atom stereocenters. The van der Waals surface area contributed by atoms with Gasteiger partial charge in [0.1, 0.15) is 0 Å². The molecule has 0 aliphatic heterocycles. The third kappa shape index (κ3) is 1.80. The number of fused-ring (bicyclic) bond motifs is 7. The van der Waals surface area contributed by atoms with Gasteiger partial charge in [0.15, 0.2) is 0 Å². The molecule has 0 N–H and O–H groups in total. The van der Waals surface area contributed by atoms with E-state index in [9.17, 15) is 0 Å². The molecule has 0 radical (unpaired) electrons. The molecule has 28 heavy (non-hydrogen) atoms. The molecule has 0 saturated carbocycles. The van der Waals surface area contributed by atoms with Crippen LogP contribution in [0, 0.1) is 0 Å². The topological polar surface area (TPSA) is 0 Å². The molecule has 5 aromatic rings. The fraction of sp³-hybridized carbons (Fsp3) is 0.0714. The Morgan fingerprint density at radius 2 is 1.18 bits per heavy atom. The lowest BCUT2D eigenvalue weighted by atomic mass is 9.80. The molecule has 0 heterocycles. The molecule has 0 saturated heterocycles. The summed E-state index contributed by atoms with van der Waals surface area (Å²) in [5, 5.41) is 5.55. The Kier molecular flexibility index (Phi) is 2.67. The SMILES string of the molecule is c1ccc2c(c1)Cc1cc3c(cc1-2)Cc1c2ccccc2cc2cccc-3c12. The van der Waals surface area contributed by atoms with E-state index in [1.165, 1.54) is 66.1 Å². The summed E-state index contributed by atoms with van der Waals surface area (Å²) >= 11 is 0. The minimum Gasteiger partial charge on any atom is -0.0619 e. The van der Waals surface area contributed by atoms with Crippen molar-refractivity contribution in [2.75, 3.05) is 0 Å². The monoisotopic (exact) mass is 354 g/mol. The van der Waals surface area contributed by atoms with Gasteiger partial charge in [-0.3, -0.25) is 0 Å². The van der Waals surface area contributed by atoms with Crippen molar-refractivity contribution in [1.82, 2.24) is 0 Å². The van der Waals surface area contributed by atoms with Gasteiger partial charge in [-0.2, -0.15) is 0 Å². The van der Waals surface area contributed by atoms with Crippen LogP contribution >= 0.6 is 0 Å². The summed E-state index contributed by atoms with van der Waals surface area (Å²) in [6.07, 6.45) is 2.07. The first-order chi connectivity index (χ1) is 13.9. The molecule has 0 nitrogen and oxygen atoms in total. The maximum absolute atomic E-state index is 2.47. The zero-order chi connectivity index (χ0) is 18.2. The van der Waals surface area contributed by atoms with Crippen LogP contribution in [-0.2, 0) is 12.8 Å². The van der Waals surface area contributed by atoms with Crippen molar-refractivity contribution in [3.63, 3.8) is 0 Å². The van der Waals surface area contributed by atoms with Gasteiger partial charge < -0.3 is 0 Å². The summed E-state index contributed by atoms with van der Waals surface area (Å²) in [7, 11) is 0. The molecule has 0 bridgehead atoms. The van der Waals surface area contributed by atoms with E-state index in [0.717, 1.165) is 12.8 Å². The first kappa shape index (κ1) is 14.6. The predicted molar refractivity (Wildman–Crippen MR) is 118 cm³/mol. The Bertz CT molecular complexity index is 1450. The zero-order valence-corrected chi connectivity index (χ0v) is 15.5. The summed E-state index contributed by atoms with van der Waals surface area (Å²) in [5.74, 6) is 0. The molecule has 0 fully saturated rings. The molecule has 0 atom stereocenters. The third-order valence-corrected chi connectivity index (χ3v) is 6.67. The summed E-state index contributed by atoms with van der Waals surface area (Å²) in [4.78, 5) is 0.